The predicted molar refractivity (Wildman–Crippen MR) is 95.5 cm³/mol. The third kappa shape index (κ3) is 3.27. The highest BCUT2D eigenvalue weighted by atomic mass is 19.1. The number of hydrogen-bond donors (Lipinski definition) is 2. The zero-order valence-electron chi connectivity index (χ0n) is 14.1. The molecular formula is C20H19F2N3O. The van der Waals surface area contributed by atoms with Crippen molar-refractivity contribution in [1.29, 1.82) is 0 Å². The van der Waals surface area contributed by atoms with Crippen LogP contribution < -0.4 is 4.90 Å². The number of anilines is 2. The Labute approximate surface area is 150 Å². The maximum atomic E-state index is 13.5. The summed E-state index contributed by atoms with van der Waals surface area (Å²) in [7, 11) is 0. The molecule has 0 aliphatic heterocycles. The number of aromatic amines is 1. The lowest BCUT2D eigenvalue weighted by atomic mass is 9.83. The van der Waals surface area contributed by atoms with Gasteiger partial charge in [-0.2, -0.15) is 5.10 Å². The summed E-state index contributed by atoms with van der Waals surface area (Å²) < 4.78 is 26.7. The molecule has 2 N–H and O–H groups in total. The van der Waals surface area contributed by atoms with Gasteiger partial charge in [0.1, 0.15) is 5.82 Å². The van der Waals surface area contributed by atoms with Crippen LogP contribution in [0.2, 0.25) is 0 Å². The Balaban J connectivity index is 1.68. The smallest absolute Gasteiger partial charge is 0.164 e. The van der Waals surface area contributed by atoms with E-state index < -0.39 is 11.6 Å². The Hall–Kier alpha value is -2.89. The van der Waals surface area contributed by atoms with Crippen LogP contribution in [0.4, 0.5) is 20.3 Å². The van der Waals surface area contributed by atoms with E-state index in [0.717, 1.165) is 24.1 Å². The second-order valence-corrected chi connectivity index (χ2v) is 6.66. The Morgan fingerprint density at radius 3 is 2.50 bits per heavy atom. The zero-order valence-corrected chi connectivity index (χ0v) is 14.1. The fourth-order valence-electron chi connectivity index (χ4n) is 3.14. The molecule has 0 unspecified atom stereocenters. The summed E-state index contributed by atoms with van der Waals surface area (Å²) in [6.07, 6.45) is 3.53. The average molecular weight is 355 g/mol. The molecule has 1 aliphatic carbocycles. The van der Waals surface area contributed by atoms with Crippen molar-refractivity contribution in [2.24, 2.45) is 0 Å². The Bertz CT molecular complexity index is 904. The SMILES string of the molecule is Oc1cc(N(Cc2ccc(F)cc2)c2cc(C3CCC3)[nH]n2)ccc1F. The molecule has 1 aliphatic rings. The van der Waals surface area contributed by atoms with E-state index in [1.807, 2.05) is 11.0 Å². The number of benzene rings is 2. The predicted octanol–water partition coefficient (Wildman–Crippen LogP) is 5.00. The molecule has 26 heavy (non-hydrogen) atoms. The minimum atomic E-state index is -0.673. The van der Waals surface area contributed by atoms with Gasteiger partial charge in [-0.15, -0.1) is 0 Å². The maximum Gasteiger partial charge on any atom is 0.164 e. The van der Waals surface area contributed by atoms with Crippen LogP contribution in [0.1, 0.15) is 36.4 Å². The van der Waals surface area contributed by atoms with Crippen LogP contribution in [0.3, 0.4) is 0 Å². The third-order valence-electron chi connectivity index (χ3n) is 4.90. The number of nitrogens with zero attached hydrogens (tertiary/aromatic N) is 2. The van der Waals surface area contributed by atoms with Crippen molar-refractivity contribution in [3.05, 3.63) is 71.4 Å². The monoisotopic (exact) mass is 355 g/mol. The van der Waals surface area contributed by atoms with Gasteiger partial charge >= 0.3 is 0 Å². The largest absolute Gasteiger partial charge is 0.505 e. The molecule has 0 radical (unpaired) electrons. The molecule has 0 amide bonds. The van der Waals surface area contributed by atoms with Gasteiger partial charge < -0.3 is 10.0 Å². The quantitative estimate of drug-likeness (QED) is 0.677. The fraction of sp³-hybridized carbons (Fsp3) is 0.250. The van der Waals surface area contributed by atoms with Crippen LogP contribution in [0, 0.1) is 11.6 Å². The van der Waals surface area contributed by atoms with Crippen LogP contribution in [-0.4, -0.2) is 15.3 Å². The van der Waals surface area contributed by atoms with Gasteiger partial charge in [-0.25, -0.2) is 8.78 Å². The van der Waals surface area contributed by atoms with E-state index >= 15 is 0 Å². The molecule has 1 fully saturated rings. The van der Waals surface area contributed by atoms with E-state index in [4.69, 9.17) is 0 Å². The molecule has 4 nitrogen and oxygen atoms in total. The first-order valence-electron chi connectivity index (χ1n) is 8.66. The Morgan fingerprint density at radius 2 is 1.85 bits per heavy atom. The van der Waals surface area contributed by atoms with Gasteiger partial charge in [-0.05, 0) is 42.7 Å². The van der Waals surface area contributed by atoms with Crippen LogP contribution in [0.5, 0.6) is 5.75 Å². The number of phenols is 1. The topological polar surface area (TPSA) is 52.1 Å². The van der Waals surface area contributed by atoms with Crippen molar-refractivity contribution in [3.63, 3.8) is 0 Å². The number of halogens is 2. The summed E-state index contributed by atoms with van der Waals surface area (Å²) >= 11 is 0. The number of aromatic nitrogens is 2. The van der Waals surface area contributed by atoms with Crippen molar-refractivity contribution < 1.29 is 13.9 Å². The minimum Gasteiger partial charge on any atom is -0.505 e. The Kier molecular flexibility index (Phi) is 4.32. The van der Waals surface area contributed by atoms with Gasteiger partial charge in [-0.1, -0.05) is 18.6 Å². The van der Waals surface area contributed by atoms with Crippen molar-refractivity contribution >= 4 is 11.5 Å². The molecule has 1 heterocycles. The van der Waals surface area contributed by atoms with Gasteiger partial charge in [0, 0.05) is 36.0 Å². The summed E-state index contributed by atoms with van der Waals surface area (Å²) in [5.74, 6) is -0.200. The van der Waals surface area contributed by atoms with Crippen LogP contribution in [-0.2, 0) is 6.54 Å². The number of rotatable bonds is 5. The molecule has 134 valence electrons. The van der Waals surface area contributed by atoms with E-state index in [1.165, 1.54) is 30.7 Å². The molecule has 1 aromatic heterocycles. The van der Waals surface area contributed by atoms with E-state index in [2.05, 4.69) is 10.2 Å². The lowest BCUT2D eigenvalue weighted by molar-refractivity contribution is 0.410. The van der Waals surface area contributed by atoms with Crippen LogP contribution in [0.25, 0.3) is 0 Å². The second kappa shape index (κ2) is 6.78. The van der Waals surface area contributed by atoms with Gasteiger partial charge in [0.15, 0.2) is 17.4 Å². The normalized spacial score (nSPS) is 14.2. The van der Waals surface area contributed by atoms with E-state index in [1.54, 1.807) is 18.2 Å². The lowest BCUT2D eigenvalue weighted by Gasteiger charge is -2.24. The maximum absolute atomic E-state index is 13.5. The lowest BCUT2D eigenvalue weighted by Crippen LogP contribution is -2.17. The second-order valence-electron chi connectivity index (χ2n) is 6.66. The van der Waals surface area contributed by atoms with Gasteiger partial charge in [0.25, 0.3) is 0 Å². The molecule has 0 atom stereocenters. The minimum absolute atomic E-state index is 0.299. The Morgan fingerprint density at radius 1 is 1.08 bits per heavy atom. The number of phenolic OH excluding ortho intramolecular Hbond substituents is 1. The zero-order chi connectivity index (χ0) is 18.1. The molecule has 2 aromatic carbocycles. The summed E-state index contributed by atoms with van der Waals surface area (Å²) in [5, 5.41) is 17.3. The van der Waals surface area contributed by atoms with Crippen molar-refractivity contribution in [2.45, 2.75) is 31.7 Å². The first kappa shape index (κ1) is 16.6. The van der Waals surface area contributed by atoms with E-state index in [9.17, 15) is 13.9 Å². The number of aromatic hydroxyl groups is 1. The number of H-pyrrole nitrogens is 1. The average Bonchev–Trinajstić information content (AvgIpc) is 3.04. The summed E-state index contributed by atoms with van der Waals surface area (Å²) in [5.41, 5.74) is 2.57. The summed E-state index contributed by atoms with van der Waals surface area (Å²) in [4.78, 5) is 1.87. The van der Waals surface area contributed by atoms with Crippen molar-refractivity contribution in [3.8, 4) is 5.75 Å². The number of hydrogen-bond acceptors (Lipinski definition) is 3. The molecular weight excluding hydrogens is 336 g/mol. The van der Waals surface area contributed by atoms with Gasteiger partial charge in [0.05, 0.1) is 0 Å². The molecule has 6 heteroatoms. The van der Waals surface area contributed by atoms with Crippen molar-refractivity contribution in [2.75, 3.05) is 4.90 Å². The molecule has 0 saturated heterocycles. The highest BCUT2D eigenvalue weighted by Crippen LogP contribution is 2.38. The van der Waals surface area contributed by atoms with E-state index in [-0.39, 0.29) is 5.82 Å². The molecule has 3 aromatic rings. The number of nitrogens with one attached hydrogen (secondary N) is 1. The summed E-state index contributed by atoms with van der Waals surface area (Å²) in [6, 6.07) is 12.4. The standard InChI is InChI=1S/C20H19F2N3O/c21-15-6-4-13(5-7-15)12-25(16-8-9-17(22)19(26)10-16)20-11-18(23-24-20)14-2-1-3-14/h4-11,14,26H,1-3,12H2,(H,23,24). The highest BCUT2D eigenvalue weighted by molar-refractivity contribution is 5.62. The highest BCUT2D eigenvalue weighted by Gasteiger charge is 2.23. The van der Waals surface area contributed by atoms with Gasteiger partial charge in [-0.3, -0.25) is 5.10 Å². The molecule has 1 saturated carbocycles. The molecule has 4 rings (SSSR count). The summed E-state index contributed by atoms with van der Waals surface area (Å²) in [6.45, 7) is 0.417. The molecule has 0 spiro atoms. The molecule has 0 bridgehead atoms. The van der Waals surface area contributed by atoms with Gasteiger partial charge in [0.2, 0.25) is 0 Å². The van der Waals surface area contributed by atoms with E-state index in [0.29, 0.717) is 24.0 Å². The van der Waals surface area contributed by atoms with Crippen LogP contribution >= 0.6 is 0 Å². The first-order valence-corrected chi connectivity index (χ1v) is 8.66. The van der Waals surface area contributed by atoms with Crippen molar-refractivity contribution in [1.82, 2.24) is 10.2 Å². The fourth-order valence-corrected chi connectivity index (χ4v) is 3.14. The first-order chi connectivity index (χ1) is 12.6. The third-order valence-corrected chi connectivity index (χ3v) is 4.90. The van der Waals surface area contributed by atoms with Crippen LogP contribution in [0.15, 0.2) is 48.5 Å².